The molecule has 4 nitrogen and oxygen atoms in total. The maximum Gasteiger partial charge on any atom is 0.179 e. The molecule has 1 aliphatic heterocycles. The summed E-state index contributed by atoms with van der Waals surface area (Å²) in [5, 5.41) is 3.23. The Balaban J connectivity index is 2.41. The second-order valence-corrected chi connectivity index (χ2v) is 8.57. The summed E-state index contributed by atoms with van der Waals surface area (Å²) in [6.07, 6.45) is 1.55. The Morgan fingerprint density at radius 3 is 2.50 bits per heavy atom. The SMILES string of the molecule is Cc1ccc(S(=O)(=O)CC(C)C)c(C(=O)C2CCNCC2)c1. The molecular formula is C17H25NO3S. The standard InChI is InChI=1S/C17H25NO3S/c1-12(2)11-22(20,21)16-5-4-13(3)10-15(16)17(19)14-6-8-18-9-7-14/h4-5,10,12,14,18H,6-9,11H2,1-3H3. The first-order valence-corrected chi connectivity index (χ1v) is 9.55. The van der Waals surface area contributed by atoms with E-state index in [2.05, 4.69) is 5.32 Å². The number of nitrogens with one attached hydrogen (secondary N) is 1. The largest absolute Gasteiger partial charge is 0.317 e. The number of rotatable bonds is 5. The molecule has 1 N–H and O–H groups in total. The van der Waals surface area contributed by atoms with Gasteiger partial charge in [0.25, 0.3) is 0 Å². The van der Waals surface area contributed by atoms with E-state index in [1.54, 1.807) is 18.2 Å². The van der Waals surface area contributed by atoms with Crippen molar-refractivity contribution >= 4 is 15.6 Å². The molecule has 0 aliphatic carbocycles. The van der Waals surface area contributed by atoms with Crippen LogP contribution >= 0.6 is 0 Å². The topological polar surface area (TPSA) is 63.2 Å². The zero-order valence-corrected chi connectivity index (χ0v) is 14.4. The summed E-state index contributed by atoms with van der Waals surface area (Å²) in [6, 6.07) is 5.10. The molecule has 0 bridgehead atoms. The van der Waals surface area contributed by atoms with Crippen molar-refractivity contribution < 1.29 is 13.2 Å². The number of benzene rings is 1. The second-order valence-electron chi connectivity index (χ2n) is 6.56. The Morgan fingerprint density at radius 2 is 1.91 bits per heavy atom. The molecule has 0 saturated carbocycles. The average molecular weight is 323 g/mol. The summed E-state index contributed by atoms with van der Waals surface area (Å²) in [7, 11) is -3.43. The number of carbonyl (C=O) groups is 1. The Morgan fingerprint density at radius 1 is 1.27 bits per heavy atom. The summed E-state index contributed by atoms with van der Waals surface area (Å²) < 4.78 is 25.2. The number of carbonyl (C=O) groups excluding carboxylic acids is 1. The highest BCUT2D eigenvalue weighted by atomic mass is 32.2. The summed E-state index contributed by atoms with van der Waals surface area (Å²) in [6.45, 7) is 7.27. The van der Waals surface area contributed by atoms with Gasteiger partial charge >= 0.3 is 0 Å². The number of aryl methyl sites for hydroxylation is 1. The fraction of sp³-hybridized carbons (Fsp3) is 0.588. The van der Waals surface area contributed by atoms with Crippen LogP contribution in [-0.2, 0) is 9.84 Å². The average Bonchev–Trinajstić information content (AvgIpc) is 2.45. The van der Waals surface area contributed by atoms with Gasteiger partial charge in [-0.15, -0.1) is 0 Å². The van der Waals surface area contributed by atoms with Gasteiger partial charge in [-0.1, -0.05) is 25.5 Å². The predicted octanol–water partition coefficient (Wildman–Crippen LogP) is 2.61. The summed E-state index contributed by atoms with van der Waals surface area (Å²) in [5.41, 5.74) is 1.30. The molecule has 1 heterocycles. The molecule has 1 aliphatic rings. The van der Waals surface area contributed by atoms with Gasteiger partial charge in [-0.25, -0.2) is 8.42 Å². The molecule has 0 amide bonds. The third-order valence-corrected chi connectivity index (χ3v) is 6.13. The van der Waals surface area contributed by atoms with Crippen LogP contribution in [0.1, 0.15) is 42.6 Å². The lowest BCUT2D eigenvalue weighted by molar-refractivity contribution is 0.0891. The van der Waals surface area contributed by atoms with Crippen LogP contribution in [0.2, 0.25) is 0 Å². The molecule has 0 unspecified atom stereocenters. The second kappa shape index (κ2) is 6.92. The molecular weight excluding hydrogens is 298 g/mol. The maximum absolute atomic E-state index is 12.8. The number of sulfone groups is 1. The van der Waals surface area contributed by atoms with Gasteiger partial charge in [0.1, 0.15) is 0 Å². The van der Waals surface area contributed by atoms with Gasteiger partial charge in [0, 0.05) is 11.5 Å². The van der Waals surface area contributed by atoms with Crippen LogP contribution in [0.15, 0.2) is 23.1 Å². The fourth-order valence-electron chi connectivity index (χ4n) is 2.94. The minimum atomic E-state index is -3.43. The third kappa shape index (κ3) is 3.96. The number of piperidine rings is 1. The number of Topliss-reactive ketones (excluding diaryl/α,β-unsaturated/α-hetero) is 1. The van der Waals surface area contributed by atoms with Gasteiger partial charge < -0.3 is 5.32 Å². The van der Waals surface area contributed by atoms with Crippen LogP contribution in [-0.4, -0.2) is 33.0 Å². The van der Waals surface area contributed by atoms with E-state index < -0.39 is 9.84 Å². The molecule has 0 atom stereocenters. The van der Waals surface area contributed by atoms with Gasteiger partial charge in [-0.05, 0) is 50.9 Å². The van der Waals surface area contributed by atoms with Crippen molar-refractivity contribution in [2.24, 2.45) is 11.8 Å². The third-order valence-electron chi connectivity index (χ3n) is 4.00. The van der Waals surface area contributed by atoms with Crippen molar-refractivity contribution in [3.63, 3.8) is 0 Å². The monoisotopic (exact) mass is 323 g/mol. The number of hydrogen-bond donors (Lipinski definition) is 1. The molecule has 1 aromatic carbocycles. The molecule has 0 aromatic heterocycles. The van der Waals surface area contributed by atoms with E-state index >= 15 is 0 Å². The van der Waals surface area contributed by atoms with Crippen LogP contribution < -0.4 is 5.32 Å². The summed E-state index contributed by atoms with van der Waals surface area (Å²) >= 11 is 0. The van der Waals surface area contributed by atoms with Crippen molar-refractivity contribution in [1.29, 1.82) is 0 Å². The first-order chi connectivity index (χ1) is 10.3. The van der Waals surface area contributed by atoms with Gasteiger partial charge in [-0.3, -0.25) is 4.79 Å². The van der Waals surface area contributed by atoms with Gasteiger partial charge in [0.05, 0.1) is 10.6 Å². The molecule has 1 saturated heterocycles. The highest BCUT2D eigenvalue weighted by Crippen LogP contribution is 2.26. The predicted molar refractivity (Wildman–Crippen MR) is 88.0 cm³/mol. The van der Waals surface area contributed by atoms with E-state index in [4.69, 9.17) is 0 Å². The van der Waals surface area contributed by atoms with Gasteiger partial charge in [0.15, 0.2) is 15.6 Å². The maximum atomic E-state index is 12.8. The molecule has 22 heavy (non-hydrogen) atoms. The van der Waals surface area contributed by atoms with Crippen LogP contribution in [0.4, 0.5) is 0 Å². The van der Waals surface area contributed by atoms with Crippen LogP contribution in [0.25, 0.3) is 0 Å². The van der Waals surface area contributed by atoms with E-state index in [0.717, 1.165) is 31.5 Å². The van der Waals surface area contributed by atoms with Crippen molar-refractivity contribution in [2.75, 3.05) is 18.8 Å². The van der Waals surface area contributed by atoms with Crippen molar-refractivity contribution in [1.82, 2.24) is 5.32 Å². The number of ketones is 1. The van der Waals surface area contributed by atoms with Crippen LogP contribution in [0.3, 0.4) is 0 Å². The van der Waals surface area contributed by atoms with Crippen molar-refractivity contribution in [2.45, 2.75) is 38.5 Å². The normalized spacial score (nSPS) is 16.9. The molecule has 0 radical (unpaired) electrons. The Kier molecular flexibility index (Phi) is 5.40. The fourth-order valence-corrected chi connectivity index (χ4v) is 4.77. The highest BCUT2D eigenvalue weighted by Gasteiger charge is 2.28. The quantitative estimate of drug-likeness (QED) is 0.846. The minimum absolute atomic E-state index is 0.0208. The zero-order valence-electron chi connectivity index (χ0n) is 13.6. The van der Waals surface area contributed by atoms with E-state index in [0.29, 0.717) is 5.56 Å². The van der Waals surface area contributed by atoms with Crippen LogP contribution in [0.5, 0.6) is 0 Å². The number of hydrogen-bond acceptors (Lipinski definition) is 4. The zero-order chi connectivity index (χ0) is 16.3. The molecule has 1 aromatic rings. The Hall–Kier alpha value is -1.20. The van der Waals surface area contributed by atoms with Gasteiger partial charge in [-0.2, -0.15) is 0 Å². The molecule has 122 valence electrons. The lowest BCUT2D eigenvalue weighted by Crippen LogP contribution is -2.32. The van der Waals surface area contributed by atoms with E-state index in [1.807, 2.05) is 20.8 Å². The highest BCUT2D eigenvalue weighted by molar-refractivity contribution is 7.91. The summed E-state index contributed by atoms with van der Waals surface area (Å²) in [5.74, 6) is 0.0134. The molecule has 2 rings (SSSR count). The Labute approximate surface area is 133 Å². The molecule has 5 heteroatoms. The summed E-state index contributed by atoms with van der Waals surface area (Å²) in [4.78, 5) is 13.0. The van der Waals surface area contributed by atoms with Crippen LogP contribution in [0, 0.1) is 18.8 Å². The van der Waals surface area contributed by atoms with Crippen molar-refractivity contribution in [3.8, 4) is 0 Å². The molecule has 1 fully saturated rings. The minimum Gasteiger partial charge on any atom is -0.317 e. The smallest absolute Gasteiger partial charge is 0.179 e. The van der Waals surface area contributed by atoms with E-state index in [1.165, 1.54) is 0 Å². The van der Waals surface area contributed by atoms with E-state index in [9.17, 15) is 13.2 Å². The molecule has 0 spiro atoms. The van der Waals surface area contributed by atoms with Crippen molar-refractivity contribution in [3.05, 3.63) is 29.3 Å². The first kappa shape index (κ1) is 17.2. The van der Waals surface area contributed by atoms with E-state index in [-0.39, 0.29) is 28.3 Å². The first-order valence-electron chi connectivity index (χ1n) is 7.89. The lowest BCUT2D eigenvalue weighted by atomic mass is 9.89. The lowest BCUT2D eigenvalue weighted by Gasteiger charge is -2.22. The van der Waals surface area contributed by atoms with Gasteiger partial charge in [0.2, 0.25) is 0 Å². The Bertz CT molecular complexity index is 644.